The lowest BCUT2D eigenvalue weighted by Gasteiger charge is -2.08. The van der Waals surface area contributed by atoms with Crippen molar-refractivity contribution in [1.29, 1.82) is 0 Å². The van der Waals surface area contributed by atoms with E-state index in [0.717, 1.165) is 6.42 Å². The standard InChI is InChI=1S/C21H21S.CHF3O3S/c1-2-9-18-14-16-21(17-15-18)22(19-10-5-3-6-11-19)20-12-7-4-8-13-20;2-1(3,4)8(5,6)7/h3-8,10-17H,2,9H2,1H3;(H,5,6,7)/q+1;/p-1. The fourth-order valence-electron chi connectivity index (χ4n) is 2.60. The summed E-state index contributed by atoms with van der Waals surface area (Å²) < 4.78 is 58.9. The van der Waals surface area contributed by atoms with Gasteiger partial charge in [0.15, 0.2) is 24.8 Å². The maximum atomic E-state index is 10.7. The van der Waals surface area contributed by atoms with E-state index in [4.69, 9.17) is 13.0 Å². The lowest BCUT2D eigenvalue weighted by molar-refractivity contribution is -0.0517. The van der Waals surface area contributed by atoms with Crippen molar-refractivity contribution in [1.82, 2.24) is 0 Å². The molecule has 30 heavy (non-hydrogen) atoms. The van der Waals surface area contributed by atoms with E-state index in [1.165, 1.54) is 26.7 Å². The number of alkyl halides is 3. The predicted molar refractivity (Wildman–Crippen MR) is 111 cm³/mol. The normalized spacial score (nSPS) is 11.7. The first-order chi connectivity index (χ1) is 14.1. The Morgan fingerprint density at radius 1 is 0.767 bits per heavy atom. The molecule has 0 amide bonds. The molecule has 0 saturated heterocycles. The Morgan fingerprint density at radius 2 is 1.13 bits per heavy atom. The van der Waals surface area contributed by atoms with Crippen molar-refractivity contribution in [3.05, 3.63) is 90.5 Å². The molecule has 8 heteroatoms. The van der Waals surface area contributed by atoms with Crippen LogP contribution >= 0.6 is 0 Å². The van der Waals surface area contributed by atoms with Gasteiger partial charge in [0, 0.05) is 0 Å². The Kier molecular flexibility index (Phi) is 8.52. The van der Waals surface area contributed by atoms with E-state index in [9.17, 15) is 13.2 Å². The van der Waals surface area contributed by atoms with Crippen molar-refractivity contribution >= 4 is 21.0 Å². The average molecular weight is 455 g/mol. The highest BCUT2D eigenvalue weighted by atomic mass is 32.2. The van der Waals surface area contributed by atoms with E-state index in [1.54, 1.807) is 0 Å². The number of rotatable bonds is 5. The molecular weight excluding hydrogens is 433 g/mol. The van der Waals surface area contributed by atoms with Gasteiger partial charge in [0.25, 0.3) is 0 Å². The molecule has 3 rings (SSSR count). The van der Waals surface area contributed by atoms with Crippen LogP contribution in [-0.4, -0.2) is 18.5 Å². The molecule has 0 unspecified atom stereocenters. The second kappa shape index (κ2) is 10.7. The van der Waals surface area contributed by atoms with Crippen molar-refractivity contribution in [2.75, 3.05) is 0 Å². The van der Waals surface area contributed by atoms with Gasteiger partial charge < -0.3 is 4.55 Å². The first-order valence-corrected chi connectivity index (χ1v) is 11.7. The second-order valence-corrected chi connectivity index (χ2v) is 9.62. The lowest BCUT2D eigenvalue weighted by atomic mass is 10.1. The van der Waals surface area contributed by atoms with Crippen LogP contribution in [0.4, 0.5) is 13.2 Å². The van der Waals surface area contributed by atoms with E-state index < -0.39 is 15.6 Å². The van der Waals surface area contributed by atoms with E-state index in [2.05, 4.69) is 91.9 Å². The highest BCUT2D eigenvalue weighted by Crippen LogP contribution is 2.31. The van der Waals surface area contributed by atoms with Gasteiger partial charge in [-0.1, -0.05) is 61.9 Å². The zero-order chi connectivity index (χ0) is 22.2. The fraction of sp³-hybridized carbons (Fsp3) is 0.182. The van der Waals surface area contributed by atoms with E-state index in [1.807, 2.05) is 0 Å². The topological polar surface area (TPSA) is 57.2 Å². The van der Waals surface area contributed by atoms with Crippen molar-refractivity contribution in [2.45, 2.75) is 40.0 Å². The summed E-state index contributed by atoms with van der Waals surface area (Å²) in [6, 6.07) is 30.8. The zero-order valence-corrected chi connectivity index (χ0v) is 17.8. The Balaban J connectivity index is 0.000000343. The minimum Gasteiger partial charge on any atom is -0.741 e. The van der Waals surface area contributed by atoms with E-state index in [-0.39, 0.29) is 10.9 Å². The third-order valence-corrected chi connectivity index (χ3v) is 6.74. The third kappa shape index (κ3) is 6.90. The molecule has 0 atom stereocenters. The summed E-state index contributed by atoms with van der Waals surface area (Å²) in [5.41, 5.74) is -4.22. The maximum absolute atomic E-state index is 10.7. The van der Waals surface area contributed by atoms with Gasteiger partial charge in [0.05, 0.1) is 10.9 Å². The molecule has 3 aromatic rings. The van der Waals surface area contributed by atoms with Crippen LogP contribution in [0.3, 0.4) is 0 Å². The number of benzene rings is 3. The van der Waals surface area contributed by atoms with Crippen LogP contribution in [0.25, 0.3) is 0 Å². The lowest BCUT2D eigenvalue weighted by Crippen LogP contribution is -2.21. The SMILES string of the molecule is CCCc1ccc([S+](c2ccccc2)c2ccccc2)cc1.O=S(=O)([O-])C(F)(F)F. The summed E-state index contributed by atoms with van der Waals surface area (Å²) in [5.74, 6) is 0. The molecule has 0 aliphatic rings. The molecule has 0 aromatic heterocycles. The summed E-state index contributed by atoms with van der Waals surface area (Å²) in [4.78, 5) is 4.13. The highest BCUT2D eigenvalue weighted by Gasteiger charge is 2.37. The molecule has 0 saturated carbocycles. The average Bonchev–Trinajstić information content (AvgIpc) is 2.70. The van der Waals surface area contributed by atoms with Crippen LogP contribution in [0.2, 0.25) is 0 Å². The van der Waals surface area contributed by atoms with Crippen LogP contribution in [-0.2, 0) is 27.4 Å². The zero-order valence-electron chi connectivity index (χ0n) is 16.2. The van der Waals surface area contributed by atoms with Gasteiger partial charge in [-0.3, -0.25) is 0 Å². The molecule has 0 fully saturated rings. The van der Waals surface area contributed by atoms with Gasteiger partial charge in [-0.05, 0) is 48.4 Å². The minimum absolute atomic E-state index is 0.0268. The minimum atomic E-state index is -6.09. The van der Waals surface area contributed by atoms with Crippen LogP contribution in [0.5, 0.6) is 0 Å². The molecular formula is C22H21F3O3S2. The number of hydrogen-bond acceptors (Lipinski definition) is 3. The van der Waals surface area contributed by atoms with Crippen LogP contribution < -0.4 is 0 Å². The summed E-state index contributed by atoms with van der Waals surface area (Å²) in [6.45, 7) is 2.23. The second-order valence-electron chi connectivity index (χ2n) is 6.23. The number of aryl methyl sites for hydroxylation is 1. The third-order valence-electron chi connectivity index (χ3n) is 3.94. The van der Waals surface area contributed by atoms with Gasteiger partial charge in [0.1, 0.15) is 0 Å². The fourth-order valence-corrected chi connectivity index (χ4v) is 4.69. The molecule has 0 radical (unpaired) electrons. The molecule has 0 aliphatic heterocycles. The van der Waals surface area contributed by atoms with Gasteiger partial charge in [-0.25, -0.2) is 8.42 Å². The molecule has 3 aromatic carbocycles. The molecule has 0 N–H and O–H groups in total. The number of halogens is 3. The van der Waals surface area contributed by atoms with Crippen molar-refractivity contribution < 1.29 is 26.1 Å². The highest BCUT2D eigenvalue weighted by molar-refractivity contribution is 7.97. The predicted octanol–water partition coefficient (Wildman–Crippen LogP) is 5.79. The van der Waals surface area contributed by atoms with Gasteiger partial charge >= 0.3 is 5.51 Å². The molecule has 0 heterocycles. The van der Waals surface area contributed by atoms with Crippen molar-refractivity contribution in [3.63, 3.8) is 0 Å². The molecule has 0 bridgehead atoms. The van der Waals surface area contributed by atoms with Gasteiger partial charge in [-0.15, -0.1) is 0 Å². The Labute approximate surface area is 177 Å². The summed E-state index contributed by atoms with van der Waals surface area (Å²) >= 11 is 0. The number of hydrogen-bond donors (Lipinski definition) is 0. The van der Waals surface area contributed by atoms with Gasteiger partial charge in [-0.2, -0.15) is 13.2 Å². The van der Waals surface area contributed by atoms with Crippen molar-refractivity contribution in [2.24, 2.45) is 0 Å². The summed E-state index contributed by atoms with van der Waals surface area (Å²) in [6.07, 6.45) is 2.35. The first kappa shape index (κ1) is 24.0. The smallest absolute Gasteiger partial charge is 0.485 e. The summed E-state index contributed by atoms with van der Waals surface area (Å²) in [5, 5.41) is 0. The summed E-state index contributed by atoms with van der Waals surface area (Å²) in [7, 11) is -6.12. The quantitative estimate of drug-likeness (QED) is 0.279. The van der Waals surface area contributed by atoms with Crippen molar-refractivity contribution in [3.8, 4) is 0 Å². The Hall–Kier alpha value is -2.29. The monoisotopic (exact) mass is 454 g/mol. The van der Waals surface area contributed by atoms with E-state index >= 15 is 0 Å². The Bertz CT molecular complexity index is 966. The molecule has 3 nitrogen and oxygen atoms in total. The van der Waals surface area contributed by atoms with Crippen LogP contribution in [0, 0.1) is 0 Å². The largest absolute Gasteiger partial charge is 0.741 e. The van der Waals surface area contributed by atoms with Crippen LogP contribution in [0.15, 0.2) is 99.6 Å². The molecule has 0 aliphatic carbocycles. The van der Waals surface area contributed by atoms with E-state index in [0.29, 0.717) is 0 Å². The maximum Gasteiger partial charge on any atom is 0.485 e. The first-order valence-electron chi connectivity index (χ1n) is 9.09. The van der Waals surface area contributed by atoms with Gasteiger partial charge in [0.2, 0.25) is 0 Å². The van der Waals surface area contributed by atoms with Crippen LogP contribution in [0.1, 0.15) is 18.9 Å². The Morgan fingerprint density at radius 3 is 1.47 bits per heavy atom. The molecule has 160 valence electrons. The molecule has 0 spiro atoms.